The molecule has 0 fully saturated rings. The van der Waals surface area contributed by atoms with Gasteiger partial charge in [-0.2, -0.15) is 0 Å². The lowest BCUT2D eigenvalue weighted by molar-refractivity contribution is -0.126. The van der Waals surface area contributed by atoms with E-state index in [2.05, 4.69) is 0 Å². The summed E-state index contributed by atoms with van der Waals surface area (Å²) in [4.78, 5) is 23.3. The molecular formula is C12H11F2NO3. The fourth-order valence-corrected chi connectivity index (χ4v) is 1.97. The number of methoxy groups -OCH3 is 1. The normalized spacial score (nSPS) is 22.7. The second-order valence-corrected chi connectivity index (χ2v) is 3.97. The number of carbonyl (C=O) groups is 2. The number of fused-ring (bicyclic) bond motifs is 1. The Morgan fingerprint density at radius 3 is 2.56 bits per heavy atom. The van der Waals surface area contributed by atoms with Crippen LogP contribution in [0.1, 0.15) is 22.1 Å². The van der Waals surface area contributed by atoms with Crippen molar-refractivity contribution in [3.8, 4) is 5.75 Å². The van der Waals surface area contributed by atoms with E-state index in [1.54, 1.807) is 0 Å². The molecule has 1 aliphatic heterocycles. The summed E-state index contributed by atoms with van der Waals surface area (Å²) in [5.74, 6) is -0.807. The Morgan fingerprint density at radius 2 is 2.00 bits per heavy atom. The maximum atomic E-state index is 13.8. The molecule has 2 rings (SSSR count). The Kier molecular flexibility index (Phi) is 3.02. The van der Waals surface area contributed by atoms with Gasteiger partial charge in [0.05, 0.1) is 18.4 Å². The molecule has 1 aromatic carbocycles. The van der Waals surface area contributed by atoms with Crippen LogP contribution in [-0.2, 0) is 4.79 Å². The van der Waals surface area contributed by atoms with Gasteiger partial charge in [-0.25, -0.2) is 8.78 Å². The van der Waals surface area contributed by atoms with Crippen LogP contribution in [0, 0.1) is 0 Å². The van der Waals surface area contributed by atoms with Crippen LogP contribution in [0.3, 0.4) is 0 Å². The van der Waals surface area contributed by atoms with Crippen molar-refractivity contribution < 1.29 is 23.1 Å². The van der Waals surface area contributed by atoms with Gasteiger partial charge in [0.2, 0.25) is 6.17 Å². The first-order valence-electron chi connectivity index (χ1n) is 5.24. The summed E-state index contributed by atoms with van der Waals surface area (Å²) in [5, 5.41) is 0. The Bertz CT molecular complexity index is 518. The van der Waals surface area contributed by atoms with E-state index >= 15 is 0 Å². The van der Waals surface area contributed by atoms with Crippen molar-refractivity contribution in [3.63, 3.8) is 0 Å². The van der Waals surface area contributed by atoms with Gasteiger partial charge in [-0.1, -0.05) is 0 Å². The van der Waals surface area contributed by atoms with E-state index in [1.165, 1.54) is 26.3 Å². The molecule has 0 N–H and O–H groups in total. The monoisotopic (exact) mass is 255 g/mol. The fourth-order valence-electron chi connectivity index (χ4n) is 1.97. The predicted octanol–water partition coefficient (Wildman–Crippen LogP) is 1.83. The summed E-state index contributed by atoms with van der Waals surface area (Å²) in [6.45, 7) is 0. The van der Waals surface area contributed by atoms with Crippen LogP contribution in [0.25, 0.3) is 0 Å². The highest BCUT2D eigenvalue weighted by Crippen LogP contribution is 2.40. The van der Waals surface area contributed by atoms with Gasteiger partial charge in [0.1, 0.15) is 5.75 Å². The SMILES string of the molecule is COc1cc2c(cc1C=O)N(C)C(=O)C(F)C2F. The number of hydrogen-bond acceptors (Lipinski definition) is 3. The number of carbonyl (C=O) groups excluding carboxylic acids is 2. The molecule has 0 aliphatic carbocycles. The summed E-state index contributed by atoms with van der Waals surface area (Å²) < 4.78 is 32.1. The van der Waals surface area contributed by atoms with Crippen LogP contribution >= 0.6 is 0 Å². The average Bonchev–Trinajstić information content (AvgIpc) is 2.41. The molecule has 1 heterocycles. The standard InChI is InChI=1S/C12H11F2NO3/c1-15-8-3-6(5-16)9(18-2)4-7(8)10(13)11(14)12(15)17/h3-5,10-11H,1-2H3. The molecule has 6 heteroatoms. The van der Waals surface area contributed by atoms with E-state index in [-0.39, 0.29) is 22.6 Å². The molecule has 0 saturated heterocycles. The summed E-state index contributed by atoms with van der Waals surface area (Å²) in [6, 6.07) is 2.57. The lowest BCUT2D eigenvalue weighted by Crippen LogP contribution is -2.41. The molecule has 18 heavy (non-hydrogen) atoms. The quantitative estimate of drug-likeness (QED) is 0.757. The van der Waals surface area contributed by atoms with E-state index < -0.39 is 18.3 Å². The summed E-state index contributed by atoms with van der Waals surface area (Å²) in [6.07, 6.45) is -3.74. The highest BCUT2D eigenvalue weighted by atomic mass is 19.2. The van der Waals surface area contributed by atoms with Gasteiger partial charge < -0.3 is 9.64 Å². The molecule has 96 valence electrons. The number of benzene rings is 1. The minimum Gasteiger partial charge on any atom is -0.496 e. The number of amides is 1. The Hall–Kier alpha value is -1.98. The molecule has 0 aromatic heterocycles. The summed E-state index contributed by atoms with van der Waals surface area (Å²) >= 11 is 0. The van der Waals surface area contributed by atoms with Crippen molar-refractivity contribution in [2.75, 3.05) is 19.1 Å². The zero-order chi connectivity index (χ0) is 13.4. The third-order valence-corrected chi connectivity index (χ3v) is 2.99. The van der Waals surface area contributed by atoms with Crippen LogP contribution in [0.4, 0.5) is 14.5 Å². The van der Waals surface area contributed by atoms with E-state index in [1.807, 2.05) is 0 Å². The molecule has 0 bridgehead atoms. The third-order valence-electron chi connectivity index (χ3n) is 2.99. The van der Waals surface area contributed by atoms with E-state index in [0.29, 0.717) is 6.29 Å². The minimum atomic E-state index is -2.23. The highest BCUT2D eigenvalue weighted by molar-refractivity contribution is 6.01. The fraction of sp³-hybridized carbons (Fsp3) is 0.333. The topological polar surface area (TPSA) is 46.6 Å². The van der Waals surface area contributed by atoms with Crippen LogP contribution in [0.5, 0.6) is 5.75 Å². The summed E-state index contributed by atoms with van der Waals surface area (Å²) in [7, 11) is 2.66. The van der Waals surface area contributed by atoms with E-state index in [9.17, 15) is 18.4 Å². The van der Waals surface area contributed by atoms with Crippen molar-refractivity contribution in [2.45, 2.75) is 12.3 Å². The molecule has 4 nitrogen and oxygen atoms in total. The Labute approximate surface area is 102 Å². The third kappa shape index (κ3) is 1.64. The molecule has 0 saturated carbocycles. The zero-order valence-electron chi connectivity index (χ0n) is 9.81. The lowest BCUT2D eigenvalue weighted by atomic mass is 9.96. The van der Waals surface area contributed by atoms with Gasteiger partial charge in [0.15, 0.2) is 12.5 Å². The maximum absolute atomic E-state index is 13.8. The predicted molar refractivity (Wildman–Crippen MR) is 60.5 cm³/mol. The van der Waals surface area contributed by atoms with Crippen LogP contribution < -0.4 is 9.64 Å². The summed E-state index contributed by atoms with van der Waals surface area (Å²) in [5.41, 5.74) is 0.372. The van der Waals surface area contributed by atoms with Gasteiger partial charge in [-0.3, -0.25) is 9.59 Å². The lowest BCUT2D eigenvalue weighted by Gasteiger charge is -2.30. The van der Waals surface area contributed by atoms with E-state index in [0.717, 1.165) is 4.90 Å². The first kappa shape index (κ1) is 12.5. The number of alkyl halides is 2. The van der Waals surface area contributed by atoms with Crippen LogP contribution in [0.15, 0.2) is 12.1 Å². The number of rotatable bonds is 2. The minimum absolute atomic E-state index is 0.00653. The van der Waals surface area contributed by atoms with Crippen molar-refractivity contribution >= 4 is 17.9 Å². The Balaban J connectivity index is 2.65. The number of nitrogens with zero attached hydrogens (tertiary/aromatic N) is 1. The van der Waals surface area contributed by atoms with Crippen LogP contribution in [0.2, 0.25) is 0 Å². The Morgan fingerprint density at radius 1 is 1.33 bits per heavy atom. The maximum Gasteiger partial charge on any atom is 0.264 e. The molecule has 1 aromatic rings. The number of anilines is 1. The number of aldehydes is 1. The van der Waals surface area contributed by atoms with E-state index in [4.69, 9.17) is 4.74 Å². The molecule has 2 unspecified atom stereocenters. The first-order valence-corrected chi connectivity index (χ1v) is 5.24. The van der Waals surface area contributed by atoms with Gasteiger partial charge in [0.25, 0.3) is 5.91 Å². The van der Waals surface area contributed by atoms with Gasteiger partial charge >= 0.3 is 0 Å². The van der Waals surface area contributed by atoms with Crippen molar-refractivity contribution in [1.29, 1.82) is 0 Å². The number of halogens is 2. The number of ether oxygens (including phenoxy) is 1. The van der Waals surface area contributed by atoms with Gasteiger partial charge in [-0.05, 0) is 12.1 Å². The van der Waals surface area contributed by atoms with Crippen LogP contribution in [-0.4, -0.2) is 32.5 Å². The molecular weight excluding hydrogens is 244 g/mol. The average molecular weight is 255 g/mol. The molecule has 0 spiro atoms. The number of hydrogen-bond donors (Lipinski definition) is 0. The largest absolute Gasteiger partial charge is 0.496 e. The molecule has 0 radical (unpaired) electrons. The van der Waals surface area contributed by atoms with Gasteiger partial charge in [-0.15, -0.1) is 0 Å². The zero-order valence-corrected chi connectivity index (χ0v) is 9.81. The van der Waals surface area contributed by atoms with Crippen molar-refractivity contribution in [3.05, 3.63) is 23.3 Å². The van der Waals surface area contributed by atoms with Crippen molar-refractivity contribution in [2.24, 2.45) is 0 Å². The van der Waals surface area contributed by atoms with Crippen molar-refractivity contribution in [1.82, 2.24) is 0 Å². The smallest absolute Gasteiger partial charge is 0.264 e. The molecule has 1 aliphatic rings. The second kappa shape index (κ2) is 4.36. The second-order valence-electron chi connectivity index (χ2n) is 3.97. The van der Waals surface area contributed by atoms with Gasteiger partial charge in [0, 0.05) is 12.6 Å². The highest BCUT2D eigenvalue weighted by Gasteiger charge is 2.40. The molecule has 2 atom stereocenters. The first-order chi connectivity index (χ1) is 8.51. The molecule has 1 amide bonds.